The van der Waals surface area contributed by atoms with Crippen LogP contribution < -0.4 is 0 Å². The lowest BCUT2D eigenvalue weighted by atomic mass is 10.2. The zero-order valence-electron chi connectivity index (χ0n) is 10.3. The Labute approximate surface area is 106 Å². The van der Waals surface area contributed by atoms with Gasteiger partial charge in [0.05, 0.1) is 0 Å². The van der Waals surface area contributed by atoms with E-state index < -0.39 is 5.97 Å². The minimum absolute atomic E-state index is 0.331. The summed E-state index contributed by atoms with van der Waals surface area (Å²) in [6.07, 6.45) is 3.97. The maximum atomic E-state index is 11.3. The van der Waals surface area contributed by atoms with E-state index in [4.69, 9.17) is 4.74 Å². The molecule has 96 valence electrons. The summed E-state index contributed by atoms with van der Waals surface area (Å²) < 4.78 is 9.40. The van der Waals surface area contributed by atoms with Gasteiger partial charge in [-0.25, -0.2) is 4.79 Å². The summed E-state index contributed by atoms with van der Waals surface area (Å²) in [5.74, 6) is -0.902. The topological polar surface area (TPSA) is 52.6 Å². The van der Waals surface area contributed by atoms with Crippen LogP contribution in [0.5, 0.6) is 0 Å². The number of rotatable bonds is 6. The number of esters is 2. The first-order chi connectivity index (χ1) is 8.72. The van der Waals surface area contributed by atoms with E-state index in [1.165, 1.54) is 6.08 Å². The first-order valence-corrected chi connectivity index (χ1v) is 5.78. The van der Waals surface area contributed by atoms with E-state index in [-0.39, 0.29) is 12.8 Å². The molecule has 1 aromatic carbocycles. The van der Waals surface area contributed by atoms with Crippen molar-refractivity contribution < 1.29 is 19.1 Å². The van der Waals surface area contributed by atoms with Gasteiger partial charge in [-0.3, -0.25) is 4.79 Å². The Morgan fingerprint density at radius 1 is 1.17 bits per heavy atom. The summed E-state index contributed by atoms with van der Waals surface area (Å²) in [5.41, 5.74) is 0.900. The van der Waals surface area contributed by atoms with Crippen LogP contribution in [0.4, 0.5) is 0 Å². The Kier molecular flexibility index (Phi) is 6.25. The number of hydrogen-bond donors (Lipinski definition) is 0. The molecule has 0 spiro atoms. The molecule has 0 saturated carbocycles. The molecule has 0 heterocycles. The van der Waals surface area contributed by atoms with Crippen LogP contribution in [-0.2, 0) is 19.1 Å². The predicted molar refractivity (Wildman–Crippen MR) is 67.4 cm³/mol. The van der Waals surface area contributed by atoms with Crippen molar-refractivity contribution in [2.45, 2.75) is 19.8 Å². The van der Waals surface area contributed by atoms with Crippen LogP contribution in [0.25, 0.3) is 6.08 Å². The monoisotopic (exact) mass is 248 g/mol. The standard InChI is InChI=1S/C14H16O4/c1-2-6-13(15)17-11-18-14(16)10-9-12-7-4-3-5-8-12/h3-5,7-10H,2,6,11H2,1H3/b10-9+. The van der Waals surface area contributed by atoms with E-state index in [2.05, 4.69) is 4.74 Å². The van der Waals surface area contributed by atoms with Crippen molar-refractivity contribution >= 4 is 18.0 Å². The van der Waals surface area contributed by atoms with Gasteiger partial charge in [0.15, 0.2) is 0 Å². The summed E-state index contributed by atoms with van der Waals surface area (Å²) >= 11 is 0. The molecule has 4 nitrogen and oxygen atoms in total. The summed E-state index contributed by atoms with van der Waals surface area (Å²) in [6.45, 7) is 1.53. The number of benzene rings is 1. The van der Waals surface area contributed by atoms with Crippen molar-refractivity contribution in [3.05, 3.63) is 42.0 Å². The fourth-order valence-electron chi connectivity index (χ4n) is 1.21. The quantitative estimate of drug-likeness (QED) is 0.441. The summed E-state index contributed by atoms with van der Waals surface area (Å²) in [4.78, 5) is 22.2. The Morgan fingerprint density at radius 2 is 1.89 bits per heavy atom. The molecule has 0 aliphatic rings. The molecule has 0 bridgehead atoms. The molecular weight excluding hydrogens is 232 g/mol. The van der Waals surface area contributed by atoms with Crippen molar-refractivity contribution in [2.24, 2.45) is 0 Å². The average molecular weight is 248 g/mol. The first kappa shape index (κ1) is 14.0. The highest BCUT2D eigenvalue weighted by molar-refractivity contribution is 5.87. The lowest BCUT2D eigenvalue weighted by Gasteiger charge is -2.03. The van der Waals surface area contributed by atoms with E-state index in [0.717, 1.165) is 5.56 Å². The smallest absolute Gasteiger partial charge is 0.333 e. The molecule has 0 aliphatic heterocycles. The van der Waals surface area contributed by atoms with Crippen molar-refractivity contribution in [3.63, 3.8) is 0 Å². The van der Waals surface area contributed by atoms with Gasteiger partial charge in [0.25, 0.3) is 0 Å². The molecule has 0 aromatic heterocycles. The molecule has 0 saturated heterocycles. The number of carbonyl (C=O) groups is 2. The maximum absolute atomic E-state index is 11.3. The summed E-state index contributed by atoms with van der Waals surface area (Å²) in [6, 6.07) is 9.37. The van der Waals surface area contributed by atoms with E-state index in [9.17, 15) is 9.59 Å². The highest BCUT2D eigenvalue weighted by atomic mass is 16.7. The van der Waals surface area contributed by atoms with Crippen LogP contribution in [0.15, 0.2) is 36.4 Å². The second-order valence-electron chi connectivity index (χ2n) is 3.59. The summed E-state index contributed by atoms with van der Waals surface area (Å²) in [5, 5.41) is 0. The van der Waals surface area contributed by atoms with Crippen molar-refractivity contribution in [3.8, 4) is 0 Å². The molecule has 4 heteroatoms. The lowest BCUT2D eigenvalue weighted by Crippen LogP contribution is -2.10. The van der Waals surface area contributed by atoms with Gasteiger partial charge in [-0.15, -0.1) is 0 Å². The van der Waals surface area contributed by atoms with Gasteiger partial charge in [-0.05, 0) is 18.1 Å². The van der Waals surface area contributed by atoms with Gasteiger partial charge in [0, 0.05) is 12.5 Å². The minimum atomic E-state index is -0.539. The molecule has 0 atom stereocenters. The zero-order valence-corrected chi connectivity index (χ0v) is 10.3. The van der Waals surface area contributed by atoms with Gasteiger partial charge < -0.3 is 9.47 Å². The molecule has 0 unspecified atom stereocenters. The minimum Gasteiger partial charge on any atom is -0.428 e. The zero-order chi connectivity index (χ0) is 13.2. The second kappa shape index (κ2) is 8.06. The first-order valence-electron chi connectivity index (χ1n) is 5.78. The highest BCUT2D eigenvalue weighted by Gasteiger charge is 2.02. The Hall–Kier alpha value is -2.10. The average Bonchev–Trinajstić information content (AvgIpc) is 2.38. The molecule has 0 radical (unpaired) electrons. The number of ether oxygens (including phenoxy) is 2. The van der Waals surface area contributed by atoms with Crippen LogP contribution in [-0.4, -0.2) is 18.7 Å². The van der Waals surface area contributed by atoms with Crippen molar-refractivity contribution in [1.82, 2.24) is 0 Å². The normalized spacial score (nSPS) is 10.3. The third-order valence-electron chi connectivity index (χ3n) is 2.09. The highest BCUT2D eigenvalue weighted by Crippen LogP contribution is 2.01. The molecule has 0 aliphatic carbocycles. The fourth-order valence-corrected chi connectivity index (χ4v) is 1.21. The van der Waals surface area contributed by atoms with Gasteiger partial charge in [0.1, 0.15) is 0 Å². The molecule has 1 aromatic rings. The van der Waals surface area contributed by atoms with Crippen LogP contribution in [0.3, 0.4) is 0 Å². The van der Waals surface area contributed by atoms with Gasteiger partial charge in [0.2, 0.25) is 6.79 Å². The van der Waals surface area contributed by atoms with Crippen molar-refractivity contribution in [1.29, 1.82) is 0 Å². The maximum Gasteiger partial charge on any atom is 0.333 e. The van der Waals surface area contributed by atoms with E-state index in [0.29, 0.717) is 12.8 Å². The fraction of sp³-hybridized carbons (Fsp3) is 0.286. The third-order valence-corrected chi connectivity index (χ3v) is 2.09. The number of carbonyl (C=O) groups excluding carboxylic acids is 2. The molecule has 18 heavy (non-hydrogen) atoms. The predicted octanol–water partition coefficient (Wildman–Crippen LogP) is 2.54. The Bertz CT molecular complexity index is 409. The third kappa shape index (κ3) is 5.84. The second-order valence-corrected chi connectivity index (χ2v) is 3.59. The van der Waals surface area contributed by atoms with E-state index in [1.807, 2.05) is 37.3 Å². The van der Waals surface area contributed by atoms with E-state index in [1.54, 1.807) is 6.08 Å². The van der Waals surface area contributed by atoms with Gasteiger partial charge >= 0.3 is 11.9 Å². The largest absolute Gasteiger partial charge is 0.428 e. The Balaban J connectivity index is 2.26. The van der Waals surface area contributed by atoms with Gasteiger partial charge in [-0.1, -0.05) is 37.3 Å². The van der Waals surface area contributed by atoms with Crippen LogP contribution in [0, 0.1) is 0 Å². The molecule has 0 N–H and O–H groups in total. The van der Waals surface area contributed by atoms with Crippen molar-refractivity contribution in [2.75, 3.05) is 6.79 Å². The van der Waals surface area contributed by atoms with Crippen LogP contribution in [0.2, 0.25) is 0 Å². The summed E-state index contributed by atoms with van der Waals surface area (Å²) in [7, 11) is 0. The van der Waals surface area contributed by atoms with Gasteiger partial charge in [-0.2, -0.15) is 0 Å². The number of hydrogen-bond acceptors (Lipinski definition) is 4. The Morgan fingerprint density at radius 3 is 2.56 bits per heavy atom. The van der Waals surface area contributed by atoms with E-state index >= 15 is 0 Å². The molecule has 1 rings (SSSR count). The molecule has 0 fully saturated rings. The van der Waals surface area contributed by atoms with Crippen LogP contribution >= 0.6 is 0 Å². The molecular formula is C14H16O4. The molecule has 0 amide bonds. The lowest BCUT2D eigenvalue weighted by molar-refractivity contribution is -0.163. The SMILES string of the molecule is CCCC(=O)OCOC(=O)/C=C/c1ccccc1. The van der Waals surface area contributed by atoms with Crippen LogP contribution in [0.1, 0.15) is 25.3 Å².